The number of aryl methyl sites for hydroxylation is 1. The minimum atomic E-state index is -1.82. The molecule has 1 aliphatic heterocycles. The number of nitrogens with one attached hydrogen (secondary N) is 1. The van der Waals surface area contributed by atoms with Gasteiger partial charge in [0.25, 0.3) is 11.8 Å². The number of allylic oxidation sites excluding steroid dienone is 1. The summed E-state index contributed by atoms with van der Waals surface area (Å²) in [6.45, 7) is 3.84. The summed E-state index contributed by atoms with van der Waals surface area (Å²) in [4.78, 5) is 27.3. The Balaban J connectivity index is 1.28. The zero-order valence-electron chi connectivity index (χ0n) is 26.1. The van der Waals surface area contributed by atoms with Gasteiger partial charge in [-0.25, -0.2) is 0 Å². The van der Waals surface area contributed by atoms with Crippen molar-refractivity contribution in [2.75, 3.05) is 23.9 Å². The van der Waals surface area contributed by atoms with E-state index in [0.29, 0.717) is 41.3 Å². The first kappa shape index (κ1) is 32.6. The van der Waals surface area contributed by atoms with Gasteiger partial charge in [0.05, 0.1) is 37.6 Å². The molecule has 0 saturated carbocycles. The van der Waals surface area contributed by atoms with Gasteiger partial charge in [-0.2, -0.15) is 0 Å². The second kappa shape index (κ2) is 14.1. The highest BCUT2D eigenvalue weighted by Crippen LogP contribution is 2.47. The van der Waals surface area contributed by atoms with E-state index in [2.05, 4.69) is 15.6 Å². The summed E-state index contributed by atoms with van der Waals surface area (Å²) in [5.74, 6) is -1.27. The number of ether oxygens (including phenoxy) is 1. The Kier molecular flexibility index (Phi) is 9.96. The SMILES string of the molecule is COc1ccc2c(c1)[C@](O)([C@@H](C)/C=C/CCn1cc(C(CO)c3ccccc3)nn1)C(=O)N2Cc1ccc(NC(=O)[C@H](C)O)cc1. The second-order valence-corrected chi connectivity index (χ2v) is 11.5. The minimum Gasteiger partial charge on any atom is -0.497 e. The summed E-state index contributed by atoms with van der Waals surface area (Å²) in [5, 5.41) is 42.6. The number of hydrogen-bond acceptors (Lipinski definition) is 8. The molecule has 0 spiro atoms. The molecule has 4 aromatic rings. The number of carbonyl (C=O) groups is 2. The maximum Gasteiger partial charge on any atom is 0.264 e. The summed E-state index contributed by atoms with van der Waals surface area (Å²) in [7, 11) is 1.54. The molecular formula is C35H39N5O6. The molecule has 1 aromatic heterocycles. The Labute approximate surface area is 267 Å². The van der Waals surface area contributed by atoms with E-state index in [1.54, 1.807) is 59.0 Å². The second-order valence-electron chi connectivity index (χ2n) is 11.5. The number of aliphatic hydroxyl groups is 3. The quantitative estimate of drug-likeness (QED) is 0.164. The molecule has 4 N–H and O–H groups in total. The van der Waals surface area contributed by atoms with E-state index in [1.807, 2.05) is 48.7 Å². The number of aromatic nitrogens is 3. The van der Waals surface area contributed by atoms with Gasteiger partial charge in [-0.1, -0.05) is 66.8 Å². The van der Waals surface area contributed by atoms with Gasteiger partial charge in [0.2, 0.25) is 0 Å². The predicted octanol–water partition coefficient (Wildman–Crippen LogP) is 3.75. The highest BCUT2D eigenvalue weighted by molar-refractivity contribution is 6.07. The van der Waals surface area contributed by atoms with E-state index in [4.69, 9.17) is 4.74 Å². The van der Waals surface area contributed by atoms with Crippen molar-refractivity contribution in [2.45, 2.75) is 51.0 Å². The summed E-state index contributed by atoms with van der Waals surface area (Å²) < 4.78 is 7.14. The van der Waals surface area contributed by atoms with E-state index < -0.39 is 29.4 Å². The van der Waals surface area contributed by atoms with Gasteiger partial charge in [-0.05, 0) is 54.8 Å². The van der Waals surface area contributed by atoms with E-state index >= 15 is 0 Å². The van der Waals surface area contributed by atoms with Crippen molar-refractivity contribution in [3.8, 4) is 5.75 Å². The summed E-state index contributed by atoms with van der Waals surface area (Å²) in [5.41, 5.74) is 2.19. The van der Waals surface area contributed by atoms with Crippen LogP contribution in [-0.4, -0.2) is 61.9 Å². The molecular weight excluding hydrogens is 586 g/mol. The van der Waals surface area contributed by atoms with Crippen LogP contribution in [0.5, 0.6) is 5.75 Å². The van der Waals surface area contributed by atoms with Gasteiger partial charge in [0, 0.05) is 29.9 Å². The third-order valence-electron chi connectivity index (χ3n) is 8.32. The van der Waals surface area contributed by atoms with Crippen LogP contribution in [0.2, 0.25) is 0 Å². The third kappa shape index (κ3) is 6.71. The van der Waals surface area contributed by atoms with Gasteiger partial charge in [0.15, 0.2) is 5.60 Å². The van der Waals surface area contributed by atoms with Gasteiger partial charge >= 0.3 is 0 Å². The zero-order valence-corrected chi connectivity index (χ0v) is 26.1. The normalized spacial score (nSPS) is 18.0. The van der Waals surface area contributed by atoms with Crippen LogP contribution in [-0.2, 0) is 28.3 Å². The number of carbonyl (C=O) groups excluding carboxylic acids is 2. The first-order valence-corrected chi connectivity index (χ1v) is 15.2. The Bertz CT molecular complexity index is 1690. The van der Waals surface area contributed by atoms with Crippen LogP contribution in [0.15, 0.2) is 91.1 Å². The number of rotatable bonds is 13. The number of benzene rings is 3. The van der Waals surface area contributed by atoms with E-state index in [1.165, 1.54) is 14.0 Å². The standard InChI is InChI=1S/C35H39N5O6/c1-23(9-7-8-18-39-21-31(37-38-39)29(22-41)26-10-5-4-6-11-26)35(45)30-19-28(46-3)16-17-32(30)40(34(35)44)20-25-12-14-27(15-13-25)36-33(43)24(2)42/h4-7,9-17,19,21,23-24,29,41-42,45H,8,18,20,22H2,1-3H3,(H,36,43)/b9-7+/t23-,24-,29?,35+/m0/s1. The molecule has 5 rings (SSSR count). The van der Waals surface area contributed by atoms with Crippen molar-refractivity contribution in [2.24, 2.45) is 5.92 Å². The van der Waals surface area contributed by atoms with E-state index in [0.717, 1.165) is 11.1 Å². The van der Waals surface area contributed by atoms with Crippen LogP contribution in [0, 0.1) is 5.92 Å². The average molecular weight is 626 g/mol. The topological polar surface area (TPSA) is 150 Å². The monoisotopic (exact) mass is 625 g/mol. The summed E-state index contributed by atoms with van der Waals surface area (Å²) in [6, 6.07) is 21.9. The number of methoxy groups -OCH3 is 1. The molecule has 46 heavy (non-hydrogen) atoms. The van der Waals surface area contributed by atoms with Crippen molar-refractivity contribution in [1.29, 1.82) is 0 Å². The van der Waals surface area contributed by atoms with Gasteiger partial charge in [0.1, 0.15) is 11.9 Å². The molecule has 0 aliphatic carbocycles. The summed E-state index contributed by atoms with van der Waals surface area (Å²) >= 11 is 0. The molecule has 0 saturated heterocycles. The Morgan fingerprint density at radius 1 is 1.09 bits per heavy atom. The molecule has 2 heterocycles. The highest BCUT2D eigenvalue weighted by Gasteiger charge is 2.52. The lowest BCUT2D eigenvalue weighted by atomic mass is 9.83. The first-order chi connectivity index (χ1) is 22.1. The number of nitrogens with zero attached hydrogens (tertiary/aromatic N) is 4. The largest absolute Gasteiger partial charge is 0.497 e. The van der Waals surface area contributed by atoms with Crippen molar-refractivity contribution < 1.29 is 29.6 Å². The van der Waals surface area contributed by atoms with Crippen LogP contribution < -0.4 is 15.0 Å². The fraction of sp³-hybridized carbons (Fsp3) is 0.314. The maximum atomic E-state index is 14.0. The maximum absolute atomic E-state index is 14.0. The van der Waals surface area contributed by atoms with Crippen molar-refractivity contribution in [3.63, 3.8) is 0 Å². The molecule has 0 radical (unpaired) electrons. The number of fused-ring (bicyclic) bond motifs is 1. The van der Waals surface area contributed by atoms with Gasteiger partial charge in [-0.3, -0.25) is 14.3 Å². The molecule has 240 valence electrons. The molecule has 1 aliphatic rings. The van der Waals surface area contributed by atoms with E-state index in [9.17, 15) is 24.9 Å². The number of hydrogen-bond donors (Lipinski definition) is 4. The molecule has 2 amide bonds. The smallest absolute Gasteiger partial charge is 0.264 e. The lowest BCUT2D eigenvalue weighted by Gasteiger charge is -2.28. The van der Waals surface area contributed by atoms with Crippen LogP contribution in [0.1, 0.15) is 48.6 Å². The van der Waals surface area contributed by atoms with Crippen LogP contribution >= 0.6 is 0 Å². The summed E-state index contributed by atoms with van der Waals surface area (Å²) in [6.07, 6.45) is 5.03. The van der Waals surface area contributed by atoms with Crippen molar-refractivity contribution in [1.82, 2.24) is 15.0 Å². The molecule has 1 unspecified atom stereocenters. The highest BCUT2D eigenvalue weighted by atomic mass is 16.5. The third-order valence-corrected chi connectivity index (χ3v) is 8.32. The fourth-order valence-corrected chi connectivity index (χ4v) is 5.62. The van der Waals surface area contributed by atoms with Crippen molar-refractivity contribution in [3.05, 3.63) is 114 Å². The van der Waals surface area contributed by atoms with Gasteiger partial charge < -0.3 is 30.3 Å². The minimum absolute atomic E-state index is 0.0799. The van der Waals surface area contributed by atoms with Crippen LogP contribution in [0.4, 0.5) is 11.4 Å². The fourth-order valence-electron chi connectivity index (χ4n) is 5.62. The number of aliphatic hydroxyl groups excluding tert-OH is 2. The van der Waals surface area contributed by atoms with Crippen LogP contribution in [0.3, 0.4) is 0 Å². The Morgan fingerprint density at radius 3 is 2.50 bits per heavy atom. The molecule has 0 fully saturated rings. The Hall–Kier alpha value is -4.84. The lowest BCUT2D eigenvalue weighted by Crippen LogP contribution is -2.44. The average Bonchev–Trinajstić information content (AvgIpc) is 3.61. The van der Waals surface area contributed by atoms with Crippen molar-refractivity contribution >= 4 is 23.2 Å². The molecule has 11 nitrogen and oxygen atoms in total. The number of amides is 2. The molecule has 4 atom stereocenters. The molecule has 11 heteroatoms. The first-order valence-electron chi connectivity index (χ1n) is 15.2. The lowest BCUT2D eigenvalue weighted by molar-refractivity contribution is -0.139. The predicted molar refractivity (Wildman–Crippen MR) is 173 cm³/mol. The number of anilines is 2. The molecule has 3 aromatic carbocycles. The van der Waals surface area contributed by atoms with Gasteiger partial charge in [-0.15, -0.1) is 5.10 Å². The zero-order chi connectivity index (χ0) is 32.8. The van der Waals surface area contributed by atoms with Crippen LogP contribution in [0.25, 0.3) is 0 Å². The van der Waals surface area contributed by atoms with E-state index in [-0.39, 0.29) is 19.1 Å². The Morgan fingerprint density at radius 2 is 1.83 bits per heavy atom. The molecule has 0 bridgehead atoms.